The molecule has 2 atom stereocenters. The molecule has 1 aromatic rings. The van der Waals surface area contributed by atoms with Gasteiger partial charge in [-0.15, -0.1) is 0 Å². The monoisotopic (exact) mass is 364 g/mol. The van der Waals surface area contributed by atoms with Crippen molar-refractivity contribution in [1.29, 1.82) is 0 Å². The molecule has 0 radical (unpaired) electrons. The molecule has 3 rings (SSSR count). The normalized spacial score (nSPS) is 32.7. The summed E-state index contributed by atoms with van der Waals surface area (Å²) in [4.78, 5) is 0. The van der Waals surface area contributed by atoms with Crippen molar-refractivity contribution in [2.75, 3.05) is 13.2 Å². The molecule has 0 bridgehead atoms. The first kappa shape index (κ1) is 19.1. The van der Waals surface area contributed by atoms with Crippen molar-refractivity contribution in [2.45, 2.75) is 72.6 Å². The first-order valence-corrected chi connectivity index (χ1v) is 10.3. The molecule has 1 saturated heterocycles. The van der Waals surface area contributed by atoms with Gasteiger partial charge in [0.25, 0.3) is 0 Å². The predicted octanol–water partition coefficient (Wildman–Crippen LogP) is 6.35. The van der Waals surface area contributed by atoms with Crippen molar-refractivity contribution in [1.82, 2.24) is 0 Å². The zero-order valence-electron chi connectivity index (χ0n) is 17.0. The topological polar surface area (TPSA) is 27.7 Å². The maximum atomic E-state index is 6.24. The zero-order valence-corrected chi connectivity index (χ0v) is 17.9. The van der Waals surface area contributed by atoms with Crippen molar-refractivity contribution in [2.24, 2.45) is 10.8 Å². The molecular formula is C21H33O3P. The van der Waals surface area contributed by atoms with Gasteiger partial charge < -0.3 is 13.6 Å². The predicted molar refractivity (Wildman–Crippen MR) is 104 cm³/mol. The van der Waals surface area contributed by atoms with Gasteiger partial charge >= 0.3 is 8.60 Å². The van der Waals surface area contributed by atoms with E-state index in [1.807, 2.05) is 0 Å². The SMILES string of the molecule is CC(C)(C)c1ccc(OP2OCC3(C)CC3(C)CO2)c(C(C)(C)C)c1. The van der Waals surface area contributed by atoms with E-state index in [9.17, 15) is 0 Å². The molecule has 0 aromatic heterocycles. The van der Waals surface area contributed by atoms with Gasteiger partial charge in [0.2, 0.25) is 0 Å². The van der Waals surface area contributed by atoms with Crippen LogP contribution in [0.5, 0.6) is 5.75 Å². The van der Waals surface area contributed by atoms with Gasteiger partial charge in [0.15, 0.2) is 0 Å². The highest BCUT2D eigenvalue weighted by atomic mass is 31.2. The van der Waals surface area contributed by atoms with Gasteiger partial charge in [0, 0.05) is 5.56 Å². The number of hydrogen-bond donors (Lipinski definition) is 0. The molecule has 0 amide bonds. The molecule has 25 heavy (non-hydrogen) atoms. The maximum absolute atomic E-state index is 6.24. The lowest BCUT2D eigenvalue weighted by molar-refractivity contribution is 0.207. The van der Waals surface area contributed by atoms with E-state index in [2.05, 4.69) is 73.6 Å². The third-order valence-electron chi connectivity index (χ3n) is 5.92. The van der Waals surface area contributed by atoms with E-state index in [0.717, 1.165) is 19.0 Å². The summed E-state index contributed by atoms with van der Waals surface area (Å²) in [7, 11) is -1.34. The van der Waals surface area contributed by atoms with Crippen LogP contribution >= 0.6 is 8.60 Å². The summed E-state index contributed by atoms with van der Waals surface area (Å²) in [5.74, 6) is 0.887. The van der Waals surface area contributed by atoms with Gasteiger partial charge in [-0.1, -0.05) is 67.5 Å². The Morgan fingerprint density at radius 2 is 1.48 bits per heavy atom. The van der Waals surface area contributed by atoms with Crippen LogP contribution in [-0.2, 0) is 19.9 Å². The second-order valence-electron chi connectivity index (χ2n) is 10.4. The van der Waals surface area contributed by atoms with Crippen molar-refractivity contribution in [3.8, 4) is 5.75 Å². The molecule has 1 aliphatic heterocycles. The van der Waals surface area contributed by atoms with Crippen molar-refractivity contribution < 1.29 is 13.6 Å². The second kappa shape index (κ2) is 5.94. The summed E-state index contributed by atoms with van der Waals surface area (Å²) in [6, 6.07) is 6.53. The molecular weight excluding hydrogens is 331 g/mol. The van der Waals surface area contributed by atoms with Crippen LogP contribution in [0.25, 0.3) is 0 Å². The summed E-state index contributed by atoms with van der Waals surface area (Å²) < 4.78 is 18.3. The summed E-state index contributed by atoms with van der Waals surface area (Å²) >= 11 is 0. The Hall–Kier alpha value is -0.630. The van der Waals surface area contributed by atoms with E-state index in [4.69, 9.17) is 13.6 Å². The van der Waals surface area contributed by atoms with Crippen molar-refractivity contribution >= 4 is 8.60 Å². The fourth-order valence-electron chi connectivity index (χ4n) is 3.49. The highest BCUT2D eigenvalue weighted by Crippen LogP contribution is 2.67. The molecule has 1 aliphatic carbocycles. The van der Waals surface area contributed by atoms with Gasteiger partial charge in [-0.2, -0.15) is 0 Å². The van der Waals surface area contributed by atoms with E-state index >= 15 is 0 Å². The first-order chi connectivity index (χ1) is 11.3. The zero-order chi connectivity index (χ0) is 18.7. The molecule has 2 aliphatic rings. The van der Waals surface area contributed by atoms with E-state index < -0.39 is 8.60 Å². The third kappa shape index (κ3) is 3.75. The van der Waals surface area contributed by atoms with Crippen LogP contribution in [-0.4, -0.2) is 13.2 Å². The van der Waals surface area contributed by atoms with Gasteiger partial charge in [-0.3, -0.25) is 0 Å². The third-order valence-corrected chi connectivity index (χ3v) is 6.94. The maximum Gasteiger partial charge on any atom is 0.397 e. The molecule has 1 aromatic carbocycles. The Balaban J connectivity index is 1.82. The van der Waals surface area contributed by atoms with Crippen LogP contribution in [0.2, 0.25) is 0 Å². The molecule has 4 heteroatoms. The van der Waals surface area contributed by atoms with Gasteiger partial charge in [-0.05, 0) is 39.7 Å². The van der Waals surface area contributed by atoms with Crippen molar-refractivity contribution in [3.63, 3.8) is 0 Å². The van der Waals surface area contributed by atoms with Crippen LogP contribution in [0, 0.1) is 10.8 Å². The van der Waals surface area contributed by atoms with E-state index in [1.165, 1.54) is 17.5 Å². The molecule has 2 unspecified atom stereocenters. The molecule has 3 nitrogen and oxygen atoms in total. The van der Waals surface area contributed by atoms with Crippen LogP contribution in [0.15, 0.2) is 18.2 Å². The Labute approximate surface area is 154 Å². The molecule has 0 N–H and O–H groups in total. The Kier molecular flexibility index (Phi) is 4.55. The van der Waals surface area contributed by atoms with Gasteiger partial charge in [0.1, 0.15) is 5.75 Å². The number of benzene rings is 1. The van der Waals surface area contributed by atoms with Crippen LogP contribution in [0.1, 0.15) is 72.9 Å². The average Bonchev–Trinajstić information content (AvgIpc) is 3.04. The highest BCUT2D eigenvalue weighted by Gasteiger charge is 2.63. The largest absolute Gasteiger partial charge is 0.426 e. The average molecular weight is 364 g/mol. The lowest BCUT2D eigenvalue weighted by Gasteiger charge is -2.28. The molecule has 0 spiro atoms. The fraction of sp³-hybridized carbons (Fsp3) is 0.714. The minimum absolute atomic E-state index is 0.00211. The quantitative estimate of drug-likeness (QED) is 0.572. The minimum Gasteiger partial charge on any atom is -0.426 e. The van der Waals surface area contributed by atoms with E-state index in [1.54, 1.807) is 0 Å². The Bertz CT molecular complexity index is 640. The van der Waals surface area contributed by atoms with Crippen molar-refractivity contribution in [3.05, 3.63) is 29.3 Å². The number of rotatable bonds is 2. The molecule has 2 fully saturated rings. The molecule has 1 heterocycles. The summed E-state index contributed by atoms with van der Waals surface area (Å²) in [5, 5.41) is 0. The lowest BCUT2D eigenvalue weighted by atomic mass is 9.80. The molecule has 140 valence electrons. The number of fused-ring (bicyclic) bond motifs is 1. The van der Waals surface area contributed by atoms with Gasteiger partial charge in [0.05, 0.1) is 13.2 Å². The van der Waals surface area contributed by atoms with Crippen LogP contribution < -0.4 is 4.52 Å². The smallest absolute Gasteiger partial charge is 0.397 e. The Morgan fingerprint density at radius 1 is 0.920 bits per heavy atom. The Morgan fingerprint density at radius 3 is 1.96 bits per heavy atom. The molecule has 1 saturated carbocycles. The van der Waals surface area contributed by atoms with E-state index in [-0.39, 0.29) is 21.7 Å². The summed E-state index contributed by atoms with van der Waals surface area (Å²) in [6.45, 7) is 19.4. The lowest BCUT2D eigenvalue weighted by Crippen LogP contribution is -2.17. The van der Waals surface area contributed by atoms with E-state index in [0.29, 0.717) is 0 Å². The highest BCUT2D eigenvalue weighted by molar-refractivity contribution is 7.42. The van der Waals surface area contributed by atoms with Crippen LogP contribution in [0.3, 0.4) is 0 Å². The summed E-state index contributed by atoms with van der Waals surface area (Å²) in [6.07, 6.45) is 1.18. The van der Waals surface area contributed by atoms with Crippen LogP contribution in [0.4, 0.5) is 0 Å². The fourth-order valence-corrected chi connectivity index (χ4v) is 4.77. The second-order valence-corrected chi connectivity index (χ2v) is 11.5. The number of hydrogen-bond acceptors (Lipinski definition) is 3. The first-order valence-electron chi connectivity index (χ1n) is 9.23. The minimum atomic E-state index is -1.34. The van der Waals surface area contributed by atoms with Gasteiger partial charge in [-0.25, -0.2) is 0 Å². The standard InChI is InChI=1S/C21H33O3P/c1-18(2,3)15-9-10-17(16(11-15)19(4,5)6)24-25-22-13-20(7)12-21(20,8)14-23-25/h9-11H,12-14H2,1-8H3. The summed E-state index contributed by atoms with van der Waals surface area (Å²) in [5.41, 5.74) is 3.14.